The molecule has 0 aliphatic rings. The Morgan fingerprint density at radius 1 is 1.31 bits per heavy atom. The van der Waals surface area contributed by atoms with E-state index >= 15 is 0 Å². The summed E-state index contributed by atoms with van der Waals surface area (Å²) in [6, 6.07) is 5.46. The normalized spacial score (nSPS) is 9.94. The smallest absolute Gasteiger partial charge is 0.341 e. The van der Waals surface area contributed by atoms with Crippen LogP contribution in [0.1, 0.15) is 29.8 Å². The summed E-state index contributed by atoms with van der Waals surface area (Å²) >= 11 is 3.37. The predicted molar refractivity (Wildman–Crippen MR) is 66.2 cm³/mol. The van der Waals surface area contributed by atoms with Crippen molar-refractivity contribution in [3.05, 3.63) is 29.3 Å². The molecule has 16 heavy (non-hydrogen) atoms. The fourth-order valence-electron chi connectivity index (χ4n) is 1.37. The molecule has 0 unspecified atom stereocenters. The number of para-hydroxylation sites is 1. The number of carbonyl (C=O) groups is 1. The average Bonchev–Trinajstić information content (AvgIpc) is 2.30. The lowest BCUT2D eigenvalue weighted by molar-refractivity contribution is 0.0522. The van der Waals surface area contributed by atoms with Gasteiger partial charge in [0.05, 0.1) is 13.2 Å². The van der Waals surface area contributed by atoms with Crippen LogP contribution in [0.15, 0.2) is 18.2 Å². The Morgan fingerprint density at radius 2 is 2.06 bits per heavy atom. The van der Waals surface area contributed by atoms with Gasteiger partial charge < -0.3 is 9.47 Å². The number of hydrogen-bond donors (Lipinski definition) is 0. The van der Waals surface area contributed by atoms with Crippen molar-refractivity contribution < 1.29 is 14.3 Å². The fourth-order valence-corrected chi connectivity index (χ4v) is 1.82. The van der Waals surface area contributed by atoms with Gasteiger partial charge in [0, 0.05) is 10.9 Å². The first-order valence-electron chi connectivity index (χ1n) is 5.22. The third-order valence-electron chi connectivity index (χ3n) is 2.02. The number of esters is 1. The van der Waals surface area contributed by atoms with Gasteiger partial charge in [-0.15, -0.1) is 0 Å². The summed E-state index contributed by atoms with van der Waals surface area (Å²) in [5.74, 6) is 0.272. The molecule has 0 aromatic heterocycles. The maximum atomic E-state index is 11.7. The van der Waals surface area contributed by atoms with Gasteiger partial charge in [0.15, 0.2) is 0 Å². The average molecular weight is 287 g/mol. The van der Waals surface area contributed by atoms with Crippen molar-refractivity contribution in [2.75, 3.05) is 13.2 Å². The lowest BCUT2D eigenvalue weighted by Crippen LogP contribution is -2.09. The minimum Gasteiger partial charge on any atom is -0.493 e. The van der Waals surface area contributed by atoms with Crippen LogP contribution in [0.4, 0.5) is 0 Å². The Kier molecular flexibility index (Phi) is 5.32. The third kappa shape index (κ3) is 2.98. The first-order valence-corrected chi connectivity index (χ1v) is 6.34. The zero-order valence-corrected chi connectivity index (χ0v) is 11.0. The molecule has 0 bridgehead atoms. The van der Waals surface area contributed by atoms with E-state index in [-0.39, 0.29) is 5.97 Å². The highest BCUT2D eigenvalue weighted by molar-refractivity contribution is 9.08. The molecule has 0 atom stereocenters. The maximum absolute atomic E-state index is 11.7. The molecule has 4 heteroatoms. The number of rotatable bonds is 5. The molecule has 0 aliphatic carbocycles. The van der Waals surface area contributed by atoms with Crippen LogP contribution in [0.2, 0.25) is 0 Å². The van der Waals surface area contributed by atoms with Crippen molar-refractivity contribution in [1.82, 2.24) is 0 Å². The number of halogens is 1. The van der Waals surface area contributed by atoms with Gasteiger partial charge in [-0.25, -0.2) is 4.79 Å². The summed E-state index contributed by atoms with van der Waals surface area (Å²) in [7, 11) is 0. The van der Waals surface area contributed by atoms with Crippen LogP contribution in [0, 0.1) is 0 Å². The Morgan fingerprint density at radius 3 is 2.62 bits per heavy atom. The minimum atomic E-state index is -0.339. The number of benzene rings is 1. The lowest BCUT2D eigenvalue weighted by atomic mass is 10.1. The van der Waals surface area contributed by atoms with E-state index in [4.69, 9.17) is 9.47 Å². The molecule has 0 heterocycles. The van der Waals surface area contributed by atoms with Gasteiger partial charge in [0.25, 0.3) is 0 Å². The molecule has 1 aromatic carbocycles. The monoisotopic (exact) mass is 286 g/mol. The van der Waals surface area contributed by atoms with Crippen LogP contribution in [0.5, 0.6) is 5.75 Å². The van der Waals surface area contributed by atoms with Crippen molar-refractivity contribution in [3.8, 4) is 5.75 Å². The highest BCUT2D eigenvalue weighted by Gasteiger charge is 2.16. The topological polar surface area (TPSA) is 35.5 Å². The number of hydrogen-bond acceptors (Lipinski definition) is 3. The molecular formula is C12H15BrO3. The SMILES string of the molecule is CCOC(=O)c1cccc(CBr)c1OCC. The summed E-state index contributed by atoms with van der Waals surface area (Å²) in [4.78, 5) is 11.7. The molecule has 0 aliphatic heterocycles. The maximum Gasteiger partial charge on any atom is 0.341 e. The van der Waals surface area contributed by atoms with Crippen LogP contribution in [-0.4, -0.2) is 19.2 Å². The summed E-state index contributed by atoms with van der Waals surface area (Å²) in [5, 5.41) is 0.648. The second kappa shape index (κ2) is 6.53. The van der Waals surface area contributed by atoms with E-state index in [0.29, 0.717) is 29.9 Å². The van der Waals surface area contributed by atoms with E-state index in [2.05, 4.69) is 15.9 Å². The summed E-state index contributed by atoms with van der Waals surface area (Å²) in [5.41, 5.74) is 1.44. The molecule has 0 saturated carbocycles. The van der Waals surface area contributed by atoms with Crippen LogP contribution >= 0.6 is 15.9 Å². The molecule has 3 nitrogen and oxygen atoms in total. The van der Waals surface area contributed by atoms with Crippen molar-refractivity contribution in [2.45, 2.75) is 19.2 Å². The van der Waals surface area contributed by atoms with Crippen LogP contribution in [0.3, 0.4) is 0 Å². The van der Waals surface area contributed by atoms with E-state index in [1.165, 1.54) is 0 Å². The fraction of sp³-hybridized carbons (Fsp3) is 0.417. The molecule has 1 rings (SSSR count). The van der Waals surface area contributed by atoms with Gasteiger partial charge in [0.2, 0.25) is 0 Å². The van der Waals surface area contributed by atoms with Gasteiger partial charge in [-0.05, 0) is 19.9 Å². The van der Waals surface area contributed by atoms with E-state index in [1.54, 1.807) is 13.0 Å². The van der Waals surface area contributed by atoms with Crippen molar-refractivity contribution in [3.63, 3.8) is 0 Å². The van der Waals surface area contributed by atoms with Crippen LogP contribution in [0.25, 0.3) is 0 Å². The van der Waals surface area contributed by atoms with Gasteiger partial charge in [-0.2, -0.15) is 0 Å². The third-order valence-corrected chi connectivity index (χ3v) is 2.63. The Hall–Kier alpha value is -1.03. The quantitative estimate of drug-likeness (QED) is 0.616. The molecule has 0 N–H and O–H groups in total. The summed E-state index contributed by atoms with van der Waals surface area (Å²) < 4.78 is 10.5. The Balaban J connectivity index is 3.10. The molecule has 0 fully saturated rings. The van der Waals surface area contributed by atoms with Crippen molar-refractivity contribution in [2.24, 2.45) is 0 Å². The Labute approximate surface area is 104 Å². The molecule has 0 spiro atoms. The molecule has 0 saturated heterocycles. The standard InChI is InChI=1S/C12H15BrO3/c1-3-15-11-9(8-13)6-5-7-10(11)12(14)16-4-2/h5-7H,3-4,8H2,1-2H3. The van der Waals surface area contributed by atoms with Crippen molar-refractivity contribution in [1.29, 1.82) is 0 Å². The second-order valence-corrected chi connectivity index (χ2v) is 3.64. The first-order chi connectivity index (χ1) is 7.74. The zero-order valence-electron chi connectivity index (χ0n) is 9.46. The van der Waals surface area contributed by atoms with Gasteiger partial charge in [-0.3, -0.25) is 0 Å². The van der Waals surface area contributed by atoms with Gasteiger partial charge in [-0.1, -0.05) is 28.1 Å². The molecular weight excluding hydrogens is 272 g/mol. The first kappa shape index (κ1) is 13.0. The minimum absolute atomic E-state index is 0.339. The highest BCUT2D eigenvalue weighted by Crippen LogP contribution is 2.26. The van der Waals surface area contributed by atoms with E-state index in [9.17, 15) is 4.79 Å². The number of alkyl halides is 1. The number of carbonyl (C=O) groups excluding carboxylic acids is 1. The van der Waals surface area contributed by atoms with Crippen LogP contribution < -0.4 is 4.74 Å². The van der Waals surface area contributed by atoms with Gasteiger partial charge >= 0.3 is 5.97 Å². The summed E-state index contributed by atoms with van der Waals surface area (Å²) in [6.07, 6.45) is 0. The molecule has 88 valence electrons. The second-order valence-electron chi connectivity index (χ2n) is 3.08. The molecule has 1 aromatic rings. The molecule has 0 radical (unpaired) electrons. The van der Waals surface area contributed by atoms with E-state index in [0.717, 1.165) is 5.56 Å². The predicted octanol–water partition coefficient (Wildman–Crippen LogP) is 3.16. The number of ether oxygens (including phenoxy) is 2. The zero-order chi connectivity index (χ0) is 12.0. The van der Waals surface area contributed by atoms with Crippen LogP contribution in [-0.2, 0) is 10.1 Å². The highest BCUT2D eigenvalue weighted by atomic mass is 79.9. The summed E-state index contributed by atoms with van der Waals surface area (Å²) in [6.45, 7) is 4.56. The largest absolute Gasteiger partial charge is 0.493 e. The van der Waals surface area contributed by atoms with E-state index < -0.39 is 0 Å². The van der Waals surface area contributed by atoms with Crippen molar-refractivity contribution >= 4 is 21.9 Å². The Bertz CT molecular complexity index is 363. The van der Waals surface area contributed by atoms with E-state index in [1.807, 2.05) is 19.1 Å². The lowest BCUT2D eigenvalue weighted by Gasteiger charge is -2.12. The van der Waals surface area contributed by atoms with Gasteiger partial charge in [0.1, 0.15) is 11.3 Å². The molecule has 0 amide bonds.